The number of thioether (sulfide) groups is 1. The van der Waals surface area contributed by atoms with Gasteiger partial charge in [0, 0.05) is 43.1 Å². The molecule has 21 heavy (non-hydrogen) atoms. The lowest BCUT2D eigenvalue weighted by Crippen LogP contribution is -2.37. The summed E-state index contributed by atoms with van der Waals surface area (Å²) in [6.45, 7) is 4.49. The van der Waals surface area contributed by atoms with Gasteiger partial charge in [0.25, 0.3) is 5.56 Å². The van der Waals surface area contributed by atoms with E-state index in [9.17, 15) is 9.59 Å². The summed E-state index contributed by atoms with van der Waals surface area (Å²) < 4.78 is 7.71. The molecule has 0 aliphatic heterocycles. The second-order valence-corrected chi connectivity index (χ2v) is 6.70. The van der Waals surface area contributed by atoms with Gasteiger partial charge in [-0.05, 0) is 0 Å². The van der Waals surface area contributed by atoms with Crippen molar-refractivity contribution in [3.63, 3.8) is 0 Å². The molecule has 0 N–H and O–H groups in total. The van der Waals surface area contributed by atoms with Gasteiger partial charge in [-0.2, -0.15) is 0 Å². The Bertz CT molecular complexity index is 793. The third kappa shape index (κ3) is 2.75. The van der Waals surface area contributed by atoms with Crippen molar-refractivity contribution >= 4 is 22.8 Å². The molecule has 2 rings (SSSR count). The number of pyridine rings is 1. The fourth-order valence-electron chi connectivity index (χ4n) is 2.17. The smallest absolute Gasteiger partial charge is 0.332 e. The number of nitrogens with zero attached hydrogens (tertiary/aromatic N) is 3. The summed E-state index contributed by atoms with van der Waals surface area (Å²) in [6, 6.07) is 0. The molecular weight excluding hydrogens is 290 g/mol. The zero-order chi connectivity index (χ0) is 15.7. The van der Waals surface area contributed by atoms with E-state index in [1.807, 2.05) is 0 Å². The van der Waals surface area contributed by atoms with Crippen molar-refractivity contribution in [2.45, 2.75) is 30.6 Å². The molecule has 0 aliphatic carbocycles. The van der Waals surface area contributed by atoms with Crippen LogP contribution in [0.1, 0.15) is 19.4 Å². The Morgan fingerprint density at radius 1 is 1.29 bits per heavy atom. The second kappa shape index (κ2) is 6.03. The molecule has 2 aromatic heterocycles. The molecule has 0 saturated heterocycles. The molecule has 0 amide bonds. The second-order valence-electron chi connectivity index (χ2n) is 5.12. The van der Waals surface area contributed by atoms with Gasteiger partial charge in [-0.15, -0.1) is 11.8 Å². The molecule has 114 valence electrons. The molecule has 0 aromatic carbocycles. The maximum absolute atomic E-state index is 12.5. The minimum atomic E-state index is -0.375. The van der Waals surface area contributed by atoms with E-state index in [4.69, 9.17) is 4.74 Å². The van der Waals surface area contributed by atoms with Crippen molar-refractivity contribution in [2.75, 3.05) is 7.11 Å². The van der Waals surface area contributed by atoms with Gasteiger partial charge in [-0.1, -0.05) is 13.8 Å². The summed E-state index contributed by atoms with van der Waals surface area (Å²) in [5, 5.41) is 0.779. The van der Waals surface area contributed by atoms with Crippen LogP contribution in [0.4, 0.5) is 0 Å². The highest BCUT2D eigenvalue weighted by Crippen LogP contribution is 2.31. The average molecular weight is 309 g/mol. The summed E-state index contributed by atoms with van der Waals surface area (Å²) in [4.78, 5) is 29.6. The van der Waals surface area contributed by atoms with Crippen molar-refractivity contribution in [1.29, 1.82) is 0 Å². The van der Waals surface area contributed by atoms with Crippen LogP contribution in [0.25, 0.3) is 11.0 Å². The molecule has 0 aliphatic rings. The number of hydrogen-bond acceptors (Lipinski definition) is 5. The van der Waals surface area contributed by atoms with Crippen LogP contribution in [0.5, 0.6) is 0 Å². The number of hydrogen-bond donors (Lipinski definition) is 0. The number of ether oxygens (including phenoxy) is 1. The highest BCUT2D eigenvalue weighted by Gasteiger charge is 2.18. The van der Waals surface area contributed by atoms with Crippen molar-refractivity contribution in [3.8, 4) is 0 Å². The molecule has 0 saturated carbocycles. The van der Waals surface area contributed by atoms with E-state index in [1.165, 1.54) is 11.6 Å². The Labute approximate surface area is 126 Å². The molecule has 2 heterocycles. The van der Waals surface area contributed by atoms with Gasteiger partial charge >= 0.3 is 5.69 Å². The fourth-order valence-corrected chi connectivity index (χ4v) is 3.20. The first kappa shape index (κ1) is 15.8. The summed E-state index contributed by atoms with van der Waals surface area (Å²) >= 11 is 1.58. The lowest BCUT2D eigenvalue weighted by atomic mass is 10.2. The first-order chi connectivity index (χ1) is 9.88. The van der Waals surface area contributed by atoms with Gasteiger partial charge < -0.3 is 4.74 Å². The quantitative estimate of drug-likeness (QED) is 0.796. The number of rotatable bonds is 4. The normalized spacial score (nSPS) is 11.5. The number of methoxy groups -OCH3 is 1. The summed E-state index contributed by atoms with van der Waals surface area (Å²) in [5.74, 6) is 0. The number of aryl methyl sites for hydroxylation is 1. The molecule has 7 heteroatoms. The first-order valence-corrected chi connectivity index (χ1v) is 7.49. The highest BCUT2D eigenvalue weighted by atomic mass is 32.2. The maximum atomic E-state index is 12.5. The van der Waals surface area contributed by atoms with E-state index in [0.29, 0.717) is 22.9 Å². The van der Waals surface area contributed by atoms with Crippen LogP contribution in [0.2, 0.25) is 0 Å². The third-order valence-electron chi connectivity index (χ3n) is 3.15. The van der Waals surface area contributed by atoms with Gasteiger partial charge in [0.05, 0.1) is 12.0 Å². The molecule has 0 fully saturated rings. The average Bonchev–Trinajstić information content (AvgIpc) is 2.44. The fraction of sp³-hybridized carbons (Fsp3) is 0.500. The van der Waals surface area contributed by atoms with Crippen LogP contribution < -0.4 is 11.2 Å². The van der Waals surface area contributed by atoms with Crippen LogP contribution in [0, 0.1) is 0 Å². The molecule has 2 aromatic rings. The highest BCUT2D eigenvalue weighted by molar-refractivity contribution is 8.00. The van der Waals surface area contributed by atoms with Crippen LogP contribution in [-0.2, 0) is 25.4 Å². The van der Waals surface area contributed by atoms with E-state index in [-0.39, 0.29) is 11.2 Å². The largest absolute Gasteiger partial charge is 0.380 e. The van der Waals surface area contributed by atoms with E-state index < -0.39 is 0 Å². The molecule has 0 spiro atoms. The van der Waals surface area contributed by atoms with Gasteiger partial charge in [-0.25, -0.2) is 9.78 Å². The van der Waals surface area contributed by atoms with Crippen LogP contribution >= 0.6 is 11.8 Å². The molecular formula is C14H19N3O3S. The lowest BCUT2D eigenvalue weighted by Gasteiger charge is -2.15. The lowest BCUT2D eigenvalue weighted by molar-refractivity contribution is 0.183. The predicted octanol–water partition coefficient (Wildman–Crippen LogP) is 1.28. The minimum absolute atomic E-state index is 0.299. The van der Waals surface area contributed by atoms with Crippen molar-refractivity contribution in [3.05, 3.63) is 32.6 Å². The number of aromatic nitrogens is 3. The Balaban J connectivity index is 2.94. The number of fused-ring (bicyclic) bond motifs is 1. The van der Waals surface area contributed by atoms with Crippen LogP contribution in [0.15, 0.2) is 20.7 Å². The van der Waals surface area contributed by atoms with Gasteiger partial charge in [-0.3, -0.25) is 13.9 Å². The predicted molar refractivity (Wildman–Crippen MR) is 83.9 cm³/mol. The Kier molecular flexibility index (Phi) is 4.53. The Morgan fingerprint density at radius 2 is 1.95 bits per heavy atom. The van der Waals surface area contributed by atoms with E-state index in [0.717, 1.165) is 15.0 Å². The molecule has 0 bridgehead atoms. The van der Waals surface area contributed by atoms with Crippen LogP contribution in [-0.4, -0.2) is 26.5 Å². The summed E-state index contributed by atoms with van der Waals surface area (Å²) in [7, 11) is 4.71. The Hall–Kier alpha value is -1.60. The van der Waals surface area contributed by atoms with Crippen molar-refractivity contribution in [1.82, 2.24) is 14.1 Å². The topological polar surface area (TPSA) is 66.1 Å². The van der Waals surface area contributed by atoms with Gasteiger partial charge in [0.1, 0.15) is 5.65 Å². The molecule has 0 radical (unpaired) electrons. The molecule has 0 atom stereocenters. The molecule has 6 nitrogen and oxygen atoms in total. The summed E-state index contributed by atoms with van der Waals surface area (Å²) in [6.07, 6.45) is 1.68. The van der Waals surface area contributed by atoms with Gasteiger partial charge in [0.15, 0.2) is 0 Å². The van der Waals surface area contributed by atoms with Crippen LogP contribution in [0.3, 0.4) is 0 Å². The van der Waals surface area contributed by atoms with Crippen molar-refractivity contribution in [2.24, 2.45) is 14.1 Å². The zero-order valence-electron chi connectivity index (χ0n) is 12.8. The monoisotopic (exact) mass is 309 g/mol. The minimum Gasteiger partial charge on any atom is -0.380 e. The van der Waals surface area contributed by atoms with E-state index in [2.05, 4.69) is 18.8 Å². The maximum Gasteiger partial charge on any atom is 0.332 e. The standard InChI is InChI=1S/C14H19N3O3S/c1-8(2)21-11-9(7-20-5)6-15-12-10(11)13(18)17(4)14(19)16(12)3/h6,8H,7H2,1-5H3. The third-order valence-corrected chi connectivity index (χ3v) is 4.32. The first-order valence-electron chi connectivity index (χ1n) is 6.61. The van der Waals surface area contributed by atoms with Crippen molar-refractivity contribution < 1.29 is 4.74 Å². The summed E-state index contributed by atoms with van der Waals surface area (Å²) in [5.41, 5.74) is 0.576. The van der Waals surface area contributed by atoms with Gasteiger partial charge in [0.2, 0.25) is 0 Å². The Morgan fingerprint density at radius 3 is 2.52 bits per heavy atom. The zero-order valence-corrected chi connectivity index (χ0v) is 13.7. The SMILES string of the molecule is COCc1cnc2c(c1SC(C)C)c(=O)n(C)c(=O)n2C. The van der Waals surface area contributed by atoms with E-state index >= 15 is 0 Å². The van der Waals surface area contributed by atoms with E-state index in [1.54, 1.807) is 32.1 Å². The molecule has 0 unspecified atom stereocenters.